The van der Waals surface area contributed by atoms with Gasteiger partial charge in [0.2, 0.25) is 5.89 Å². The number of hydrogen-bond acceptors (Lipinski definition) is 6. The molecule has 1 aromatic rings. The Bertz CT molecular complexity index is 542. The number of likely N-dealkylation sites (tertiary alicyclic amines) is 1. The van der Waals surface area contributed by atoms with Crippen LogP contribution in [-0.2, 0) is 16.1 Å². The lowest BCUT2D eigenvalue weighted by Crippen LogP contribution is -2.40. The smallest absolute Gasteiger partial charge is 0.310 e. The van der Waals surface area contributed by atoms with E-state index in [0.717, 1.165) is 19.0 Å². The fourth-order valence-corrected chi connectivity index (χ4v) is 2.57. The Morgan fingerprint density at radius 3 is 2.91 bits per heavy atom. The minimum atomic E-state index is -0.168. The second-order valence-corrected chi connectivity index (χ2v) is 5.42. The number of aliphatic imine (C=N–C) groups is 1. The topological polar surface area (TPSA) is 92.9 Å². The molecule has 1 aliphatic rings. The number of aromatic nitrogens is 2. The maximum atomic E-state index is 11.8. The number of hydrogen-bond donors (Lipinski definition) is 1. The predicted molar refractivity (Wildman–Crippen MR) is 80.1 cm³/mol. The first-order valence-electron chi connectivity index (χ1n) is 7.45. The second kappa shape index (κ2) is 7.24. The van der Waals surface area contributed by atoms with Crippen molar-refractivity contribution in [2.24, 2.45) is 16.8 Å². The van der Waals surface area contributed by atoms with Gasteiger partial charge in [0.1, 0.15) is 6.54 Å². The number of carbonyl (C=O) groups is 1. The third kappa shape index (κ3) is 3.75. The van der Waals surface area contributed by atoms with Crippen LogP contribution < -0.4 is 5.32 Å². The van der Waals surface area contributed by atoms with Gasteiger partial charge in [-0.1, -0.05) is 12.1 Å². The van der Waals surface area contributed by atoms with Crippen molar-refractivity contribution in [1.82, 2.24) is 20.4 Å². The maximum absolute atomic E-state index is 11.8. The molecule has 2 unspecified atom stereocenters. The lowest BCUT2D eigenvalue weighted by Gasteiger charge is -2.21. The van der Waals surface area contributed by atoms with Gasteiger partial charge in [0.15, 0.2) is 11.8 Å². The lowest BCUT2D eigenvalue weighted by atomic mass is 9.99. The highest BCUT2D eigenvalue weighted by Gasteiger charge is 2.36. The molecule has 0 aliphatic carbocycles. The summed E-state index contributed by atoms with van der Waals surface area (Å²) in [5, 5.41) is 6.98. The zero-order chi connectivity index (χ0) is 16.1. The van der Waals surface area contributed by atoms with Crippen LogP contribution in [0.15, 0.2) is 9.52 Å². The van der Waals surface area contributed by atoms with Gasteiger partial charge < -0.3 is 19.5 Å². The molecule has 0 radical (unpaired) electrons. The molecule has 1 N–H and O–H groups in total. The highest BCUT2D eigenvalue weighted by molar-refractivity contribution is 5.82. The van der Waals surface area contributed by atoms with Crippen molar-refractivity contribution in [3.63, 3.8) is 0 Å². The molecule has 1 saturated heterocycles. The van der Waals surface area contributed by atoms with E-state index in [0.29, 0.717) is 24.8 Å². The van der Waals surface area contributed by atoms with Crippen LogP contribution in [0.1, 0.15) is 25.6 Å². The molecule has 2 heterocycles. The molecular weight excluding hydrogens is 286 g/mol. The highest BCUT2D eigenvalue weighted by Crippen LogP contribution is 2.24. The molecular formula is C14H23N5O3. The number of nitrogens with one attached hydrogen (secondary N) is 1. The monoisotopic (exact) mass is 309 g/mol. The van der Waals surface area contributed by atoms with Gasteiger partial charge in [-0.3, -0.25) is 4.79 Å². The van der Waals surface area contributed by atoms with Gasteiger partial charge in [-0.05, 0) is 19.8 Å². The number of ether oxygens (including phenoxy) is 1. The Kier molecular flexibility index (Phi) is 5.35. The van der Waals surface area contributed by atoms with Crippen molar-refractivity contribution in [2.75, 3.05) is 26.7 Å². The third-order valence-corrected chi connectivity index (χ3v) is 3.68. The summed E-state index contributed by atoms with van der Waals surface area (Å²) >= 11 is 0. The van der Waals surface area contributed by atoms with Crippen molar-refractivity contribution in [1.29, 1.82) is 0 Å². The van der Waals surface area contributed by atoms with Crippen LogP contribution >= 0.6 is 0 Å². The van der Waals surface area contributed by atoms with Crippen molar-refractivity contribution in [3.8, 4) is 0 Å². The molecule has 0 aromatic carbocycles. The van der Waals surface area contributed by atoms with Gasteiger partial charge in [0.25, 0.3) is 0 Å². The molecule has 8 heteroatoms. The first-order valence-corrected chi connectivity index (χ1v) is 7.45. The molecule has 0 bridgehead atoms. The largest absolute Gasteiger partial charge is 0.469 e. The van der Waals surface area contributed by atoms with Crippen molar-refractivity contribution in [3.05, 3.63) is 11.7 Å². The van der Waals surface area contributed by atoms with Crippen LogP contribution in [0.25, 0.3) is 0 Å². The molecule has 1 aliphatic heterocycles. The summed E-state index contributed by atoms with van der Waals surface area (Å²) < 4.78 is 9.93. The van der Waals surface area contributed by atoms with Crippen molar-refractivity contribution in [2.45, 2.75) is 27.3 Å². The summed E-state index contributed by atoms with van der Waals surface area (Å²) in [4.78, 5) is 22.5. The van der Waals surface area contributed by atoms with E-state index >= 15 is 0 Å². The molecule has 1 fully saturated rings. The number of rotatable bonds is 4. The number of methoxy groups -OCH3 is 1. The van der Waals surface area contributed by atoms with E-state index in [1.165, 1.54) is 7.11 Å². The van der Waals surface area contributed by atoms with Gasteiger partial charge in [-0.15, -0.1) is 0 Å². The summed E-state index contributed by atoms with van der Waals surface area (Å²) in [7, 11) is 1.43. The van der Waals surface area contributed by atoms with Gasteiger partial charge >= 0.3 is 5.97 Å². The van der Waals surface area contributed by atoms with Crippen LogP contribution in [0, 0.1) is 18.8 Å². The average molecular weight is 309 g/mol. The zero-order valence-corrected chi connectivity index (χ0v) is 13.5. The van der Waals surface area contributed by atoms with Crippen molar-refractivity contribution < 1.29 is 14.1 Å². The van der Waals surface area contributed by atoms with E-state index in [-0.39, 0.29) is 17.8 Å². The molecule has 1 aromatic heterocycles. The fraction of sp³-hybridized carbons (Fsp3) is 0.714. The summed E-state index contributed by atoms with van der Waals surface area (Å²) in [5.74, 6) is 1.75. The first-order chi connectivity index (χ1) is 10.5. The van der Waals surface area contributed by atoms with Gasteiger partial charge in [-0.25, -0.2) is 4.99 Å². The minimum absolute atomic E-state index is 0.125. The Morgan fingerprint density at radius 1 is 1.55 bits per heavy atom. The summed E-state index contributed by atoms with van der Waals surface area (Å²) in [6, 6.07) is 0. The van der Waals surface area contributed by atoms with E-state index in [9.17, 15) is 4.79 Å². The van der Waals surface area contributed by atoms with Crippen LogP contribution in [-0.4, -0.2) is 53.7 Å². The Labute approximate surface area is 129 Å². The molecule has 0 spiro atoms. The van der Waals surface area contributed by atoms with Crippen LogP contribution in [0.4, 0.5) is 0 Å². The Hall–Kier alpha value is -2.12. The Morgan fingerprint density at radius 2 is 2.32 bits per heavy atom. The fourth-order valence-electron chi connectivity index (χ4n) is 2.57. The first kappa shape index (κ1) is 16.3. The zero-order valence-electron chi connectivity index (χ0n) is 13.5. The van der Waals surface area contributed by atoms with Gasteiger partial charge in [-0.2, -0.15) is 4.98 Å². The molecule has 0 saturated carbocycles. The summed E-state index contributed by atoms with van der Waals surface area (Å²) in [6.07, 6.45) is 0. The molecule has 2 atom stereocenters. The van der Waals surface area contributed by atoms with Crippen LogP contribution in [0.2, 0.25) is 0 Å². The molecule has 2 rings (SSSR count). The summed E-state index contributed by atoms with van der Waals surface area (Å²) in [6.45, 7) is 8.24. The number of esters is 1. The third-order valence-electron chi connectivity index (χ3n) is 3.68. The number of carbonyl (C=O) groups excluding carboxylic acids is 1. The second-order valence-electron chi connectivity index (χ2n) is 5.42. The molecule has 0 amide bonds. The highest BCUT2D eigenvalue weighted by atomic mass is 16.5. The van der Waals surface area contributed by atoms with Crippen molar-refractivity contribution >= 4 is 11.9 Å². The normalized spacial score (nSPS) is 22.0. The quantitative estimate of drug-likeness (QED) is 0.494. The average Bonchev–Trinajstić information content (AvgIpc) is 3.08. The number of nitrogens with zero attached hydrogens (tertiary/aromatic N) is 4. The van der Waals surface area contributed by atoms with E-state index < -0.39 is 0 Å². The SMILES string of the molecule is CCNC(=NCc1nc(C)no1)N1CC(C)C(C(=O)OC)C1. The number of aryl methyl sites for hydroxylation is 1. The Balaban J connectivity index is 2.06. The summed E-state index contributed by atoms with van der Waals surface area (Å²) in [5.41, 5.74) is 0. The standard InChI is InChI=1S/C14H23N5O3/c1-5-15-14(16-6-12-17-10(3)18-22-12)19-7-9(2)11(8-19)13(20)21-4/h9,11H,5-8H2,1-4H3,(H,15,16). The number of guanidine groups is 1. The van der Waals surface area contributed by atoms with Gasteiger partial charge in [0, 0.05) is 19.6 Å². The van der Waals surface area contributed by atoms with E-state index in [4.69, 9.17) is 9.26 Å². The van der Waals surface area contributed by atoms with E-state index in [1.54, 1.807) is 6.92 Å². The predicted octanol–water partition coefficient (Wildman–Crippen LogP) is 0.584. The molecule has 8 nitrogen and oxygen atoms in total. The lowest BCUT2D eigenvalue weighted by molar-refractivity contribution is -0.145. The van der Waals surface area contributed by atoms with E-state index in [2.05, 4.69) is 25.3 Å². The van der Waals surface area contributed by atoms with Crippen LogP contribution in [0.5, 0.6) is 0 Å². The van der Waals surface area contributed by atoms with Crippen LogP contribution in [0.3, 0.4) is 0 Å². The molecule has 122 valence electrons. The minimum Gasteiger partial charge on any atom is -0.469 e. The van der Waals surface area contributed by atoms with Gasteiger partial charge in [0.05, 0.1) is 13.0 Å². The van der Waals surface area contributed by atoms with E-state index in [1.807, 2.05) is 13.8 Å². The maximum Gasteiger partial charge on any atom is 0.310 e. The molecule has 22 heavy (non-hydrogen) atoms.